The number of hydrogen-bond acceptors (Lipinski definition) is 5. The van der Waals surface area contributed by atoms with Gasteiger partial charge in [0.25, 0.3) is 5.91 Å². The van der Waals surface area contributed by atoms with E-state index in [2.05, 4.69) is 5.32 Å². The summed E-state index contributed by atoms with van der Waals surface area (Å²) in [6.07, 6.45) is -0.786. The van der Waals surface area contributed by atoms with E-state index in [0.29, 0.717) is 17.1 Å². The number of anilines is 2. The lowest BCUT2D eigenvalue weighted by Gasteiger charge is -2.13. The van der Waals surface area contributed by atoms with Crippen LogP contribution in [0.1, 0.15) is 28.4 Å². The number of cyclic esters (lactones) is 1. The van der Waals surface area contributed by atoms with Crippen LogP contribution in [0.25, 0.3) is 0 Å². The molecule has 134 valence electrons. The maximum atomic E-state index is 12.0. The smallest absolute Gasteiger partial charge is 0.414 e. The molecule has 1 aliphatic heterocycles. The number of thiophene rings is 1. The van der Waals surface area contributed by atoms with E-state index in [-0.39, 0.29) is 18.6 Å². The Hall–Kier alpha value is -2.54. The van der Waals surface area contributed by atoms with Crippen LogP contribution in [0.2, 0.25) is 0 Å². The topological polar surface area (TPSA) is 84.7 Å². The first-order chi connectivity index (χ1) is 12.0. The van der Waals surface area contributed by atoms with Gasteiger partial charge in [0.1, 0.15) is 6.10 Å². The molecule has 7 heteroatoms. The zero-order valence-corrected chi connectivity index (χ0v) is 15.4. The van der Waals surface area contributed by atoms with Crippen LogP contribution in [0.4, 0.5) is 16.2 Å². The number of nitrogens with one attached hydrogen (secondary N) is 1. The van der Waals surface area contributed by atoms with Crippen LogP contribution in [0.3, 0.4) is 0 Å². The number of aryl methyl sites for hydroxylation is 1. The Morgan fingerprint density at radius 2 is 1.96 bits per heavy atom. The number of nitrogens with two attached hydrogens (primary N) is 1. The van der Waals surface area contributed by atoms with Crippen LogP contribution in [-0.4, -0.2) is 31.2 Å². The van der Waals surface area contributed by atoms with Crippen molar-refractivity contribution in [2.45, 2.75) is 26.9 Å². The zero-order valence-electron chi connectivity index (χ0n) is 14.6. The highest BCUT2D eigenvalue weighted by Crippen LogP contribution is 2.22. The normalized spacial score (nSPS) is 16.0. The Morgan fingerprint density at radius 1 is 1.28 bits per heavy atom. The number of ether oxygens (including phenoxy) is 1. The van der Waals surface area contributed by atoms with E-state index in [0.717, 1.165) is 10.6 Å². The lowest BCUT2D eigenvalue weighted by atomic mass is 10.2. The van der Waals surface area contributed by atoms with Gasteiger partial charge in [-0.05, 0) is 43.3 Å². The molecule has 1 saturated heterocycles. The van der Waals surface area contributed by atoms with Crippen molar-refractivity contribution in [2.24, 2.45) is 0 Å². The highest BCUT2D eigenvalue weighted by Gasteiger charge is 2.32. The lowest BCUT2D eigenvalue weighted by molar-refractivity contribution is 0.0920. The molecule has 3 N–H and O–H groups in total. The largest absolute Gasteiger partial charge is 0.442 e. The zero-order chi connectivity index (χ0) is 18.4. The summed E-state index contributed by atoms with van der Waals surface area (Å²) in [7, 11) is 0. The molecule has 6 nitrogen and oxygen atoms in total. The van der Waals surface area contributed by atoms with Gasteiger partial charge in [-0.1, -0.05) is 13.8 Å². The maximum absolute atomic E-state index is 12.0. The van der Waals surface area contributed by atoms with Gasteiger partial charge in [-0.3, -0.25) is 9.69 Å². The maximum Gasteiger partial charge on any atom is 0.414 e. The van der Waals surface area contributed by atoms with E-state index < -0.39 is 6.09 Å². The van der Waals surface area contributed by atoms with Crippen LogP contribution in [0, 0.1) is 6.92 Å². The van der Waals surface area contributed by atoms with E-state index in [4.69, 9.17) is 10.5 Å². The Kier molecular flexibility index (Phi) is 6.41. The summed E-state index contributed by atoms with van der Waals surface area (Å²) in [6.45, 7) is 6.63. The molecule has 3 rings (SSSR count). The molecule has 2 amide bonds. The van der Waals surface area contributed by atoms with E-state index in [9.17, 15) is 9.59 Å². The molecule has 1 aliphatic rings. The molecule has 0 radical (unpaired) electrons. The van der Waals surface area contributed by atoms with E-state index in [1.165, 1.54) is 16.2 Å². The fourth-order valence-corrected chi connectivity index (χ4v) is 3.13. The van der Waals surface area contributed by atoms with Gasteiger partial charge in [0, 0.05) is 16.3 Å². The summed E-state index contributed by atoms with van der Waals surface area (Å²) in [5, 5.41) is 2.80. The summed E-state index contributed by atoms with van der Waals surface area (Å²) in [5.41, 5.74) is 7.01. The predicted molar refractivity (Wildman–Crippen MR) is 101 cm³/mol. The molecule has 1 fully saturated rings. The number of nitrogens with zero attached hydrogens (tertiary/aromatic N) is 1. The first kappa shape index (κ1) is 18.8. The number of benzene rings is 1. The second kappa shape index (κ2) is 8.53. The highest BCUT2D eigenvalue weighted by atomic mass is 32.1. The van der Waals surface area contributed by atoms with Crippen molar-refractivity contribution in [3.63, 3.8) is 0 Å². The average molecular weight is 361 g/mol. The standard InChI is InChI=1S/C16H17N3O3S.C2H6/c1-10-2-7-14(23-10)15(20)18-8-13-9-19(16(21)22-13)12-5-3-11(17)4-6-12;1-2/h2-7,13H,8-9,17H2,1H3,(H,18,20);1-2H3. The first-order valence-electron chi connectivity index (χ1n) is 8.21. The number of hydrogen-bond donors (Lipinski definition) is 2. The van der Waals surface area contributed by atoms with Crippen molar-refractivity contribution in [1.82, 2.24) is 5.32 Å². The van der Waals surface area contributed by atoms with Crippen LogP contribution in [0.15, 0.2) is 36.4 Å². The average Bonchev–Trinajstić information content (AvgIpc) is 3.21. The molecule has 1 aromatic heterocycles. The Balaban J connectivity index is 0.00000109. The lowest BCUT2D eigenvalue weighted by Crippen LogP contribution is -2.34. The summed E-state index contributed by atoms with van der Waals surface area (Å²) in [6, 6.07) is 10.7. The minimum atomic E-state index is -0.416. The van der Waals surface area contributed by atoms with Crippen molar-refractivity contribution in [2.75, 3.05) is 23.7 Å². The monoisotopic (exact) mass is 361 g/mol. The number of amides is 2. The summed E-state index contributed by atoms with van der Waals surface area (Å²) >= 11 is 1.44. The van der Waals surface area contributed by atoms with E-state index in [1.807, 2.05) is 26.8 Å². The number of nitrogen functional groups attached to an aromatic ring is 1. The van der Waals surface area contributed by atoms with Gasteiger partial charge in [0.15, 0.2) is 0 Å². The fraction of sp³-hybridized carbons (Fsp3) is 0.333. The summed E-state index contributed by atoms with van der Waals surface area (Å²) in [4.78, 5) is 27.2. The van der Waals surface area contributed by atoms with E-state index >= 15 is 0 Å². The minimum Gasteiger partial charge on any atom is -0.442 e. The van der Waals surface area contributed by atoms with Gasteiger partial charge in [0.2, 0.25) is 0 Å². The Labute approximate surface area is 151 Å². The predicted octanol–water partition coefficient (Wildman–Crippen LogP) is 3.42. The third kappa shape index (κ3) is 4.73. The quantitative estimate of drug-likeness (QED) is 0.817. The van der Waals surface area contributed by atoms with Gasteiger partial charge in [-0.25, -0.2) is 4.79 Å². The molecule has 1 aromatic carbocycles. The van der Waals surface area contributed by atoms with Crippen molar-refractivity contribution >= 4 is 34.7 Å². The van der Waals surface area contributed by atoms with E-state index in [1.54, 1.807) is 30.3 Å². The van der Waals surface area contributed by atoms with Crippen molar-refractivity contribution in [3.05, 3.63) is 46.2 Å². The van der Waals surface area contributed by atoms with Crippen molar-refractivity contribution in [1.29, 1.82) is 0 Å². The SMILES string of the molecule is CC.Cc1ccc(C(=O)NCC2CN(c3ccc(N)cc3)C(=O)O2)s1. The molecule has 0 aliphatic carbocycles. The molecular formula is C18H23N3O3S. The molecule has 2 heterocycles. The Bertz CT molecular complexity index is 727. The third-order valence-corrected chi connectivity index (χ3v) is 4.53. The van der Waals surface area contributed by atoms with Gasteiger partial charge in [-0.15, -0.1) is 11.3 Å². The molecule has 0 bridgehead atoms. The Morgan fingerprint density at radius 3 is 2.56 bits per heavy atom. The summed E-state index contributed by atoms with van der Waals surface area (Å²) in [5.74, 6) is -0.148. The van der Waals surface area contributed by atoms with Crippen LogP contribution in [-0.2, 0) is 4.74 Å². The molecule has 2 aromatic rings. The van der Waals surface area contributed by atoms with Crippen molar-refractivity contribution in [3.8, 4) is 0 Å². The van der Waals surface area contributed by atoms with Crippen LogP contribution >= 0.6 is 11.3 Å². The van der Waals surface area contributed by atoms with Crippen LogP contribution in [0.5, 0.6) is 0 Å². The summed E-state index contributed by atoms with van der Waals surface area (Å²) < 4.78 is 5.29. The molecular weight excluding hydrogens is 338 g/mol. The minimum absolute atomic E-state index is 0.148. The molecule has 25 heavy (non-hydrogen) atoms. The van der Waals surface area contributed by atoms with Gasteiger partial charge in [0.05, 0.1) is 18.0 Å². The molecule has 1 atom stereocenters. The second-order valence-corrected chi connectivity index (χ2v) is 6.62. The second-order valence-electron chi connectivity index (χ2n) is 5.33. The fourth-order valence-electron chi connectivity index (χ4n) is 2.34. The van der Waals surface area contributed by atoms with Gasteiger partial charge in [-0.2, -0.15) is 0 Å². The highest BCUT2D eigenvalue weighted by molar-refractivity contribution is 7.13. The molecule has 0 spiro atoms. The van der Waals surface area contributed by atoms with Crippen molar-refractivity contribution < 1.29 is 14.3 Å². The van der Waals surface area contributed by atoms with Crippen LogP contribution < -0.4 is 16.0 Å². The number of rotatable bonds is 4. The van der Waals surface area contributed by atoms with Gasteiger partial charge >= 0.3 is 6.09 Å². The molecule has 0 saturated carbocycles. The molecule has 1 unspecified atom stereocenters. The first-order valence-corrected chi connectivity index (χ1v) is 9.03. The number of carbonyl (C=O) groups excluding carboxylic acids is 2. The van der Waals surface area contributed by atoms with Gasteiger partial charge < -0.3 is 15.8 Å². The third-order valence-electron chi connectivity index (χ3n) is 3.53. The number of carbonyl (C=O) groups is 2.